The van der Waals surface area contributed by atoms with Crippen LogP contribution in [0.25, 0.3) is 11.1 Å². The van der Waals surface area contributed by atoms with E-state index in [1.807, 2.05) is 18.0 Å². The first-order chi connectivity index (χ1) is 15.5. The normalized spacial score (nSPS) is 27.8. The summed E-state index contributed by atoms with van der Waals surface area (Å²) in [5.74, 6) is -0.664. The van der Waals surface area contributed by atoms with Gasteiger partial charge in [-0.25, -0.2) is 4.39 Å². The number of pyridine rings is 1. The molecule has 170 valence electrons. The molecule has 0 unspecified atom stereocenters. The number of aromatic nitrogens is 1. The van der Waals surface area contributed by atoms with Gasteiger partial charge in [0.2, 0.25) is 5.91 Å². The predicted octanol–water partition coefficient (Wildman–Crippen LogP) is 2.70. The molecule has 0 radical (unpaired) electrons. The molecule has 32 heavy (non-hydrogen) atoms. The first kappa shape index (κ1) is 21.3. The largest absolute Gasteiger partial charge is 0.396 e. The first-order valence-electron chi connectivity index (χ1n) is 11.6. The lowest BCUT2D eigenvalue weighted by molar-refractivity contribution is -0.128. The number of fused-ring (bicyclic) bond motifs is 3. The molecule has 2 fully saturated rings. The van der Waals surface area contributed by atoms with Crippen LogP contribution in [-0.2, 0) is 11.3 Å². The van der Waals surface area contributed by atoms with Crippen LogP contribution in [-0.4, -0.2) is 46.2 Å². The lowest BCUT2D eigenvalue weighted by Gasteiger charge is -2.30. The number of likely N-dealkylation sites (tertiary alicyclic amines) is 1. The third-order valence-electron chi connectivity index (χ3n) is 7.71. The second-order valence-electron chi connectivity index (χ2n) is 9.51. The standard InChI is InChI=1S/C25H30FN3O3/c1-28-22-19(20(14-30)23(28)24(31)27-17-8-3-2-4-9-17)13-29-21(22)11-10-18(25(29)32)15-6-5-7-16(26)12-15/h5-7,10-12,17,19-20,22-23,30H,2-4,8-9,13-14H2,1H3,(H,27,31)/t19-,20-,22+,23-/m0/s1. The Morgan fingerprint density at radius 1 is 1.19 bits per heavy atom. The molecule has 6 nitrogen and oxygen atoms in total. The number of amides is 1. The monoisotopic (exact) mass is 439 g/mol. The number of hydrogen-bond donors (Lipinski definition) is 2. The summed E-state index contributed by atoms with van der Waals surface area (Å²) >= 11 is 0. The van der Waals surface area contributed by atoms with Gasteiger partial charge in [-0.15, -0.1) is 0 Å². The van der Waals surface area contributed by atoms with E-state index in [9.17, 15) is 19.1 Å². The third kappa shape index (κ3) is 3.48. The molecule has 2 N–H and O–H groups in total. The lowest BCUT2D eigenvalue weighted by Crippen LogP contribution is -2.50. The number of halogens is 1. The molecular formula is C25H30FN3O3. The molecule has 4 atom stereocenters. The van der Waals surface area contributed by atoms with E-state index in [-0.39, 0.29) is 47.8 Å². The SMILES string of the molecule is CN1[C@H](C(=O)NC2CCCCC2)[C@@H](CO)[C@@H]2Cn3c(ccc(-c4cccc(F)c4)c3=O)[C@@H]21. The minimum absolute atomic E-state index is 0.0156. The van der Waals surface area contributed by atoms with Crippen LogP contribution in [0.15, 0.2) is 41.2 Å². The highest BCUT2D eigenvalue weighted by Gasteiger charge is 2.54. The van der Waals surface area contributed by atoms with Gasteiger partial charge in [0.05, 0.1) is 12.1 Å². The van der Waals surface area contributed by atoms with Gasteiger partial charge in [0.1, 0.15) is 5.82 Å². The van der Waals surface area contributed by atoms with Gasteiger partial charge in [-0.1, -0.05) is 31.4 Å². The molecule has 2 aromatic rings. The van der Waals surface area contributed by atoms with Gasteiger partial charge in [0, 0.05) is 42.3 Å². The summed E-state index contributed by atoms with van der Waals surface area (Å²) in [6, 6.07) is 9.42. The lowest BCUT2D eigenvalue weighted by atomic mass is 9.87. The Labute approximate surface area is 187 Å². The number of carbonyl (C=O) groups is 1. The molecule has 3 aliphatic rings. The van der Waals surface area contributed by atoms with Crippen LogP contribution < -0.4 is 10.9 Å². The minimum atomic E-state index is -0.413. The van der Waals surface area contributed by atoms with Crippen LogP contribution >= 0.6 is 0 Å². The molecule has 1 aromatic carbocycles. The molecule has 0 bridgehead atoms. The van der Waals surface area contributed by atoms with E-state index in [0.29, 0.717) is 17.7 Å². The fourth-order valence-electron chi connectivity index (χ4n) is 6.18. The zero-order valence-electron chi connectivity index (χ0n) is 18.3. The molecule has 2 aliphatic heterocycles. The van der Waals surface area contributed by atoms with E-state index in [2.05, 4.69) is 5.32 Å². The Bertz CT molecular complexity index is 1080. The Morgan fingerprint density at radius 2 is 1.97 bits per heavy atom. The number of benzene rings is 1. The summed E-state index contributed by atoms with van der Waals surface area (Å²) in [7, 11) is 1.92. The highest BCUT2D eigenvalue weighted by atomic mass is 19.1. The summed E-state index contributed by atoms with van der Waals surface area (Å²) in [4.78, 5) is 28.5. The topological polar surface area (TPSA) is 74.6 Å². The predicted molar refractivity (Wildman–Crippen MR) is 119 cm³/mol. The van der Waals surface area contributed by atoms with Crippen molar-refractivity contribution in [3.8, 4) is 11.1 Å². The Balaban J connectivity index is 1.44. The molecule has 7 heteroatoms. The zero-order valence-corrected chi connectivity index (χ0v) is 18.3. The summed E-state index contributed by atoms with van der Waals surface area (Å²) < 4.78 is 15.4. The fraction of sp³-hybridized carbons (Fsp3) is 0.520. The van der Waals surface area contributed by atoms with Crippen LogP contribution in [0.4, 0.5) is 4.39 Å². The number of likely N-dealkylation sites (N-methyl/N-ethyl adjacent to an activating group) is 1. The number of nitrogens with one attached hydrogen (secondary N) is 1. The van der Waals surface area contributed by atoms with Crippen LogP contribution in [0.2, 0.25) is 0 Å². The van der Waals surface area contributed by atoms with Crippen LogP contribution in [0, 0.1) is 17.7 Å². The zero-order chi connectivity index (χ0) is 22.4. The maximum atomic E-state index is 13.7. The molecule has 1 aromatic heterocycles. The summed E-state index contributed by atoms with van der Waals surface area (Å²) in [6.45, 7) is 0.346. The summed E-state index contributed by atoms with van der Waals surface area (Å²) in [5, 5.41) is 13.5. The van der Waals surface area contributed by atoms with Gasteiger partial charge in [-0.3, -0.25) is 14.5 Å². The molecule has 1 aliphatic carbocycles. The average molecular weight is 440 g/mol. The Morgan fingerprint density at radius 3 is 2.69 bits per heavy atom. The van der Waals surface area contributed by atoms with Gasteiger partial charge >= 0.3 is 0 Å². The number of aliphatic hydroxyl groups excluding tert-OH is 1. The van der Waals surface area contributed by atoms with Crippen molar-refractivity contribution in [3.63, 3.8) is 0 Å². The molecular weight excluding hydrogens is 409 g/mol. The van der Waals surface area contributed by atoms with Gasteiger partial charge in [0.25, 0.3) is 5.56 Å². The van der Waals surface area contributed by atoms with Crippen molar-refractivity contribution in [1.82, 2.24) is 14.8 Å². The second-order valence-corrected chi connectivity index (χ2v) is 9.51. The molecule has 3 heterocycles. The van der Waals surface area contributed by atoms with Crippen LogP contribution in [0.3, 0.4) is 0 Å². The molecule has 1 saturated carbocycles. The molecule has 0 spiro atoms. The van der Waals surface area contributed by atoms with E-state index < -0.39 is 6.04 Å². The average Bonchev–Trinajstić information content (AvgIpc) is 3.30. The fourth-order valence-corrected chi connectivity index (χ4v) is 6.18. The van der Waals surface area contributed by atoms with Crippen molar-refractivity contribution in [2.24, 2.45) is 11.8 Å². The van der Waals surface area contributed by atoms with E-state index >= 15 is 0 Å². The van der Waals surface area contributed by atoms with Crippen molar-refractivity contribution in [2.45, 2.75) is 56.8 Å². The number of nitrogens with zero attached hydrogens (tertiary/aromatic N) is 2. The highest BCUT2D eigenvalue weighted by molar-refractivity contribution is 5.83. The van der Waals surface area contributed by atoms with Crippen molar-refractivity contribution in [2.75, 3.05) is 13.7 Å². The van der Waals surface area contributed by atoms with Crippen LogP contribution in [0.5, 0.6) is 0 Å². The van der Waals surface area contributed by atoms with Crippen molar-refractivity contribution >= 4 is 5.91 Å². The number of hydrogen-bond acceptors (Lipinski definition) is 4. The van der Waals surface area contributed by atoms with Gasteiger partial charge in [0.15, 0.2) is 0 Å². The van der Waals surface area contributed by atoms with E-state index in [4.69, 9.17) is 0 Å². The maximum Gasteiger partial charge on any atom is 0.258 e. The molecule has 1 amide bonds. The van der Waals surface area contributed by atoms with E-state index in [1.54, 1.807) is 22.8 Å². The third-order valence-corrected chi connectivity index (χ3v) is 7.71. The van der Waals surface area contributed by atoms with Crippen LogP contribution in [0.1, 0.15) is 43.8 Å². The highest BCUT2D eigenvalue weighted by Crippen LogP contribution is 2.48. The molecule has 1 saturated heterocycles. The van der Waals surface area contributed by atoms with E-state index in [1.165, 1.54) is 18.6 Å². The Hall–Kier alpha value is -2.51. The maximum absolute atomic E-state index is 13.7. The van der Waals surface area contributed by atoms with Crippen molar-refractivity contribution in [1.29, 1.82) is 0 Å². The second kappa shape index (κ2) is 8.45. The minimum Gasteiger partial charge on any atom is -0.396 e. The number of aliphatic hydroxyl groups is 1. The summed E-state index contributed by atoms with van der Waals surface area (Å²) in [6.07, 6.45) is 5.54. The van der Waals surface area contributed by atoms with Crippen molar-refractivity contribution in [3.05, 3.63) is 58.3 Å². The molecule has 5 rings (SSSR count). The smallest absolute Gasteiger partial charge is 0.258 e. The van der Waals surface area contributed by atoms with Crippen molar-refractivity contribution < 1.29 is 14.3 Å². The summed E-state index contributed by atoms with van der Waals surface area (Å²) in [5.41, 5.74) is 1.71. The quantitative estimate of drug-likeness (QED) is 0.768. The van der Waals surface area contributed by atoms with Gasteiger partial charge in [-0.05, 0) is 49.7 Å². The van der Waals surface area contributed by atoms with Gasteiger partial charge in [-0.2, -0.15) is 0 Å². The number of carbonyl (C=O) groups excluding carboxylic acids is 1. The number of rotatable bonds is 4. The Kier molecular flexibility index (Phi) is 5.63. The first-order valence-corrected chi connectivity index (χ1v) is 11.6. The van der Waals surface area contributed by atoms with Gasteiger partial charge < -0.3 is 15.0 Å². The van der Waals surface area contributed by atoms with E-state index in [0.717, 1.165) is 31.4 Å².